The average Bonchev–Trinajstić information content (AvgIpc) is 2.34. The molecule has 0 bridgehead atoms. The highest BCUT2D eigenvalue weighted by atomic mass is 35.5. The number of rotatable bonds is 0. The zero-order valence-corrected chi connectivity index (χ0v) is 9.10. The van der Waals surface area contributed by atoms with Gasteiger partial charge in [0, 0.05) is 12.1 Å². The molecule has 74 valence electrons. The quantitative estimate of drug-likeness (QED) is 0.742. The monoisotopic (exact) mass is 241 g/mol. The van der Waals surface area contributed by atoms with Gasteiger partial charge in [0.25, 0.3) is 5.91 Å². The summed E-state index contributed by atoms with van der Waals surface area (Å²) in [6, 6.07) is 7.63. The topological polar surface area (TPSA) is 29.1 Å². The van der Waals surface area contributed by atoms with Crippen LogP contribution in [0.1, 0.15) is 15.9 Å². The number of nitrogens with one attached hydrogen (secondary N) is 1. The van der Waals surface area contributed by atoms with Crippen molar-refractivity contribution in [2.75, 3.05) is 0 Å². The largest absolute Gasteiger partial charge is 0.348 e. The van der Waals surface area contributed by atoms with Gasteiger partial charge in [-0.2, -0.15) is 0 Å². The fourth-order valence-corrected chi connectivity index (χ4v) is 1.17. The van der Waals surface area contributed by atoms with Gasteiger partial charge in [-0.25, -0.2) is 0 Å². The Balaban J connectivity index is 0. The molecule has 0 saturated heterocycles. The predicted octanol–water partition coefficient (Wildman–Crippen LogP) is 2.20. The second kappa shape index (κ2) is 6.08. The van der Waals surface area contributed by atoms with Gasteiger partial charge in [0.2, 0.25) is 0 Å². The van der Waals surface area contributed by atoms with E-state index in [-0.39, 0.29) is 43.1 Å². The summed E-state index contributed by atoms with van der Waals surface area (Å²) in [5, 5.41) is 2.75. The van der Waals surface area contributed by atoms with Crippen LogP contribution in [0.15, 0.2) is 24.3 Å². The first kappa shape index (κ1) is 15.1. The lowest BCUT2D eigenvalue weighted by molar-refractivity contribution is 0.0966. The molecule has 1 amide bonds. The molecule has 0 aromatic heterocycles. The minimum absolute atomic E-state index is 0. The number of benzene rings is 1. The molecule has 1 aliphatic heterocycles. The van der Waals surface area contributed by atoms with E-state index in [1.54, 1.807) is 0 Å². The zero-order chi connectivity index (χ0) is 6.97. The Morgan fingerprint density at radius 2 is 1.69 bits per heavy atom. The molecule has 0 atom stereocenters. The highest BCUT2D eigenvalue weighted by Gasteiger charge is 2.16. The predicted molar refractivity (Wildman–Crippen MR) is 59.4 cm³/mol. The van der Waals surface area contributed by atoms with E-state index in [0.29, 0.717) is 6.54 Å². The van der Waals surface area contributed by atoms with Gasteiger partial charge in [0.15, 0.2) is 0 Å². The van der Waals surface area contributed by atoms with Crippen molar-refractivity contribution in [3.05, 3.63) is 35.4 Å². The smallest absolute Gasteiger partial charge is 0.251 e. The maximum absolute atomic E-state index is 11.0. The van der Waals surface area contributed by atoms with Crippen molar-refractivity contribution in [2.24, 2.45) is 0 Å². The highest BCUT2D eigenvalue weighted by Crippen LogP contribution is 2.13. The molecule has 1 N–H and O–H groups in total. The van der Waals surface area contributed by atoms with Crippen molar-refractivity contribution < 1.29 is 4.79 Å². The second-order valence-corrected chi connectivity index (χ2v) is 2.34. The molecule has 0 unspecified atom stereocenters. The Labute approximate surface area is 95.3 Å². The normalized spacial score (nSPS) is 11.2. The molecule has 2 rings (SSSR count). The molecule has 0 spiro atoms. The van der Waals surface area contributed by atoms with Crippen molar-refractivity contribution in [3.63, 3.8) is 0 Å². The lowest BCUT2D eigenvalue weighted by Crippen LogP contribution is -2.12. The van der Waals surface area contributed by atoms with Crippen LogP contribution in [0.2, 0.25) is 0 Å². The molecular formula is C8H10Cl3NO. The molecule has 5 heteroatoms. The van der Waals surface area contributed by atoms with Gasteiger partial charge >= 0.3 is 0 Å². The lowest BCUT2D eigenvalue weighted by Gasteiger charge is -1.89. The molecule has 0 saturated carbocycles. The van der Waals surface area contributed by atoms with E-state index in [1.807, 2.05) is 24.3 Å². The van der Waals surface area contributed by atoms with Crippen molar-refractivity contribution in [1.82, 2.24) is 5.32 Å². The molecule has 0 fully saturated rings. The van der Waals surface area contributed by atoms with Crippen LogP contribution in [0.4, 0.5) is 0 Å². The van der Waals surface area contributed by atoms with Crippen LogP contribution in [0, 0.1) is 0 Å². The van der Waals surface area contributed by atoms with Gasteiger partial charge in [0.05, 0.1) is 0 Å². The number of carbonyl (C=O) groups is 1. The summed E-state index contributed by atoms with van der Waals surface area (Å²) in [6.45, 7) is 0.689. The summed E-state index contributed by atoms with van der Waals surface area (Å²) in [7, 11) is 0. The van der Waals surface area contributed by atoms with E-state index in [4.69, 9.17) is 0 Å². The van der Waals surface area contributed by atoms with Crippen LogP contribution in [-0.4, -0.2) is 5.91 Å². The van der Waals surface area contributed by atoms with Gasteiger partial charge in [-0.15, -0.1) is 37.2 Å². The third-order valence-electron chi connectivity index (χ3n) is 1.70. The van der Waals surface area contributed by atoms with Crippen LogP contribution < -0.4 is 5.32 Å². The number of fused-ring (bicyclic) bond motifs is 1. The minimum Gasteiger partial charge on any atom is -0.348 e. The molecule has 0 aliphatic carbocycles. The minimum atomic E-state index is 0. The van der Waals surface area contributed by atoms with E-state index < -0.39 is 0 Å². The molecule has 1 heterocycles. The number of hydrogen-bond acceptors (Lipinski definition) is 1. The molecule has 13 heavy (non-hydrogen) atoms. The van der Waals surface area contributed by atoms with Gasteiger partial charge in [0.1, 0.15) is 0 Å². The van der Waals surface area contributed by atoms with Crippen LogP contribution in [0.5, 0.6) is 0 Å². The maximum atomic E-state index is 11.0. The average molecular weight is 243 g/mol. The third-order valence-corrected chi connectivity index (χ3v) is 1.70. The first-order chi connectivity index (χ1) is 4.88. The standard InChI is InChI=1S/C8H7NO.3ClH/c10-8-7-4-2-1-3-6(7)5-9-8;;;/h1-4H,5H2,(H,9,10);3*1H. The summed E-state index contributed by atoms with van der Waals surface area (Å²) >= 11 is 0. The van der Waals surface area contributed by atoms with Crippen molar-refractivity contribution in [2.45, 2.75) is 6.54 Å². The van der Waals surface area contributed by atoms with E-state index in [2.05, 4.69) is 5.32 Å². The van der Waals surface area contributed by atoms with Crippen LogP contribution >= 0.6 is 37.2 Å². The first-order valence-electron chi connectivity index (χ1n) is 3.24. The maximum Gasteiger partial charge on any atom is 0.251 e. The van der Waals surface area contributed by atoms with Crippen molar-refractivity contribution in [1.29, 1.82) is 0 Å². The Hall–Kier alpha value is -0.440. The van der Waals surface area contributed by atoms with Gasteiger partial charge in [-0.05, 0) is 11.6 Å². The Kier molecular flexibility index (Phi) is 7.04. The molecule has 1 aromatic rings. The SMILES string of the molecule is Cl.Cl.Cl.O=C1NCc2ccccc21. The Bertz CT molecular complexity index is 290. The number of amides is 1. The van der Waals surface area contributed by atoms with Gasteiger partial charge in [-0.1, -0.05) is 18.2 Å². The van der Waals surface area contributed by atoms with Crippen LogP contribution in [0.25, 0.3) is 0 Å². The molecule has 1 aromatic carbocycles. The Morgan fingerprint density at radius 1 is 1.08 bits per heavy atom. The molecule has 1 aliphatic rings. The van der Waals surface area contributed by atoms with Crippen LogP contribution in [0.3, 0.4) is 0 Å². The fraction of sp³-hybridized carbons (Fsp3) is 0.125. The number of carbonyl (C=O) groups excluding carboxylic acids is 1. The summed E-state index contributed by atoms with van der Waals surface area (Å²) in [5.41, 5.74) is 1.93. The van der Waals surface area contributed by atoms with Crippen LogP contribution in [-0.2, 0) is 6.54 Å². The number of halogens is 3. The van der Waals surface area contributed by atoms with E-state index in [0.717, 1.165) is 11.1 Å². The second-order valence-electron chi connectivity index (χ2n) is 2.34. The fourth-order valence-electron chi connectivity index (χ4n) is 1.17. The highest BCUT2D eigenvalue weighted by molar-refractivity contribution is 5.98. The van der Waals surface area contributed by atoms with Gasteiger partial charge in [-0.3, -0.25) is 4.79 Å². The zero-order valence-electron chi connectivity index (χ0n) is 6.65. The summed E-state index contributed by atoms with van der Waals surface area (Å²) < 4.78 is 0. The summed E-state index contributed by atoms with van der Waals surface area (Å²) in [4.78, 5) is 11.0. The summed E-state index contributed by atoms with van der Waals surface area (Å²) in [6.07, 6.45) is 0. The van der Waals surface area contributed by atoms with E-state index >= 15 is 0 Å². The number of hydrogen-bond donors (Lipinski definition) is 1. The molecular weight excluding hydrogens is 232 g/mol. The van der Waals surface area contributed by atoms with Gasteiger partial charge < -0.3 is 5.32 Å². The molecule has 2 nitrogen and oxygen atoms in total. The molecule has 0 radical (unpaired) electrons. The summed E-state index contributed by atoms with van der Waals surface area (Å²) in [5.74, 6) is 0.0515. The Morgan fingerprint density at radius 3 is 2.31 bits per heavy atom. The first-order valence-corrected chi connectivity index (χ1v) is 3.24. The van der Waals surface area contributed by atoms with Crippen molar-refractivity contribution in [3.8, 4) is 0 Å². The van der Waals surface area contributed by atoms with E-state index in [1.165, 1.54) is 0 Å². The van der Waals surface area contributed by atoms with Crippen molar-refractivity contribution >= 4 is 43.1 Å². The third kappa shape index (κ3) is 2.76. The van der Waals surface area contributed by atoms with E-state index in [9.17, 15) is 4.79 Å². The lowest BCUT2D eigenvalue weighted by atomic mass is 10.1.